The van der Waals surface area contributed by atoms with Crippen LogP contribution < -0.4 is 16.6 Å². The molecule has 11 heteroatoms. The van der Waals surface area contributed by atoms with Gasteiger partial charge in [0, 0.05) is 41.4 Å². The second-order valence-corrected chi connectivity index (χ2v) is 9.11. The molecule has 0 saturated carbocycles. The molecule has 0 saturated heterocycles. The Kier molecular flexibility index (Phi) is 6.34. The average molecular weight is 521 g/mol. The molecule has 5 rings (SSSR count). The molecule has 37 heavy (non-hydrogen) atoms. The third-order valence-corrected chi connectivity index (χ3v) is 6.55. The summed E-state index contributed by atoms with van der Waals surface area (Å²) in [5.74, 6) is 0.113. The Morgan fingerprint density at radius 2 is 1.86 bits per heavy atom. The largest absolute Gasteiger partial charge is 0.466 e. The number of H-pyrrole nitrogens is 1. The molecule has 0 spiro atoms. The van der Waals surface area contributed by atoms with E-state index in [4.69, 9.17) is 16.3 Å². The van der Waals surface area contributed by atoms with E-state index in [0.717, 1.165) is 16.5 Å². The fourth-order valence-corrected chi connectivity index (χ4v) is 4.57. The summed E-state index contributed by atoms with van der Waals surface area (Å²) in [6.07, 6.45) is 0.185. The van der Waals surface area contributed by atoms with Crippen molar-refractivity contribution in [2.24, 2.45) is 14.1 Å². The molecule has 0 aliphatic heterocycles. The van der Waals surface area contributed by atoms with Gasteiger partial charge in [0.1, 0.15) is 0 Å². The summed E-state index contributed by atoms with van der Waals surface area (Å²) < 4.78 is 9.15. The maximum atomic E-state index is 13.5. The first-order chi connectivity index (χ1) is 17.8. The molecule has 190 valence electrons. The van der Waals surface area contributed by atoms with Crippen molar-refractivity contribution in [3.05, 3.63) is 85.6 Å². The molecule has 5 aromatic rings. The number of esters is 1. The minimum Gasteiger partial charge on any atom is -0.466 e. The van der Waals surface area contributed by atoms with E-state index >= 15 is 0 Å². The zero-order valence-electron chi connectivity index (χ0n) is 20.5. The molecule has 2 N–H and O–H groups in total. The van der Waals surface area contributed by atoms with Gasteiger partial charge in [0.05, 0.1) is 19.6 Å². The fraction of sp³-hybridized carbons (Fsp3) is 0.231. The van der Waals surface area contributed by atoms with E-state index in [-0.39, 0.29) is 30.1 Å². The Labute approximate surface area is 216 Å². The maximum Gasteiger partial charge on any atom is 0.332 e. The summed E-state index contributed by atoms with van der Waals surface area (Å²) >= 11 is 6.28. The topological polar surface area (TPSA) is 116 Å². The van der Waals surface area contributed by atoms with Crippen LogP contribution in [0, 0.1) is 0 Å². The zero-order valence-corrected chi connectivity index (χ0v) is 21.3. The molecule has 0 amide bonds. The summed E-state index contributed by atoms with van der Waals surface area (Å²) in [6, 6.07) is 14.6. The van der Waals surface area contributed by atoms with E-state index in [9.17, 15) is 14.4 Å². The smallest absolute Gasteiger partial charge is 0.332 e. The molecule has 0 fully saturated rings. The number of carbonyl (C=O) groups is 1. The van der Waals surface area contributed by atoms with Crippen molar-refractivity contribution in [2.45, 2.75) is 19.9 Å². The van der Waals surface area contributed by atoms with Crippen LogP contribution in [0.25, 0.3) is 22.1 Å². The van der Waals surface area contributed by atoms with Gasteiger partial charge in [-0.3, -0.25) is 18.7 Å². The van der Waals surface area contributed by atoms with Crippen LogP contribution in [0.1, 0.15) is 18.2 Å². The number of halogens is 1. The number of aromatic nitrogens is 5. The molecule has 10 nitrogen and oxygen atoms in total. The van der Waals surface area contributed by atoms with Crippen molar-refractivity contribution in [2.75, 3.05) is 11.9 Å². The van der Waals surface area contributed by atoms with E-state index in [1.807, 2.05) is 42.5 Å². The first kappa shape index (κ1) is 24.4. The van der Waals surface area contributed by atoms with Gasteiger partial charge in [0.25, 0.3) is 5.56 Å². The fourth-order valence-electron chi connectivity index (χ4n) is 4.34. The van der Waals surface area contributed by atoms with Gasteiger partial charge in [0.2, 0.25) is 5.95 Å². The normalized spacial score (nSPS) is 11.4. The number of anilines is 2. The van der Waals surface area contributed by atoms with E-state index in [1.165, 1.54) is 9.13 Å². The van der Waals surface area contributed by atoms with Crippen LogP contribution in [-0.4, -0.2) is 36.2 Å². The van der Waals surface area contributed by atoms with Gasteiger partial charge >= 0.3 is 11.7 Å². The third-order valence-electron chi connectivity index (χ3n) is 6.22. The second-order valence-electron chi connectivity index (χ2n) is 8.70. The Bertz CT molecular complexity index is 1760. The highest BCUT2D eigenvalue weighted by Gasteiger charge is 2.19. The number of benzene rings is 2. The first-order valence-corrected chi connectivity index (χ1v) is 12.1. The summed E-state index contributed by atoms with van der Waals surface area (Å²) in [5.41, 5.74) is 2.68. The molecule has 0 aliphatic carbocycles. The lowest BCUT2D eigenvalue weighted by molar-refractivity contribution is -0.142. The van der Waals surface area contributed by atoms with Crippen LogP contribution in [0.5, 0.6) is 0 Å². The number of aryl methyl sites for hydroxylation is 2. The molecule has 3 aromatic heterocycles. The van der Waals surface area contributed by atoms with Gasteiger partial charge in [-0.25, -0.2) is 4.79 Å². The van der Waals surface area contributed by atoms with Crippen LogP contribution in [0.3, 0.4) is 0 Å². The number of aromatic amines is 1. The van der Waals surface area contributed by atoms with E-state index in [1.54, 1.807) is 31.7 Å². The van der Waals surface area contributed by atoms with Crippen LogP contribution in [0.4, 0.5) is 11.6 Å². The monoisotopic (exact) mass is 520 g/mol. The molecular weight excluding hydrogens is 496 g/mol. The number of hydrogen-bond donors (Lipinski definition) is 2. The maximum absolute atomic E-state index is 13.5. The number of rotatable bonds is 7. The number of fused-ring (bicyclic) bond motifs is 2. The minimum atomic E-state index is -0.477. The molecule has 2 aromatic carbocycles. The Morgan fingerprint density at radius 1 is 1.11 bits per heavy atom. The van der Waals surface area contributed by atoms with Crippen LogP contribution in [-0.2, 0) is 36.6 Å². The van der Waals surface area contributed by atoms with Crippen molar-refractivity contribution in [1.29, 1.82) is 0 Å². The number of ether oxygens (including phenoxy) is 1. The van der Waals surface area contributed by atoms with Crippen LogP contribution in [0.15, 0.2) is 58.1 Å². The summed E-state index contributed by atoms with van der Waals surface area (Å²) in [6.45, 7) is 2.16. The highest BCUT2D eigenvalue weighted by Crippen LogP contribution is 2.24. The minimum absolute atomic E-state index is 0.0579. The molecule has 0 aliphatic rings. The van der Waals surface area contributed by atoms with Gasteiger partial charge in [-0.15, -0.1) is 0 Å². The van der Waals surface area contributed by atoms with Gasteiger partial charge in [-0.2, -0.15) is 4.98 Å². The molecule has 0 unspecified atom stereocenters. The molecular formula is C26H25ClN6O4. The Hall–Kier alpha value is -4.31. The SMILES string of the molecule is CCOC(=O)Cc1ccc(Nc2nc3c(c(=O)n(Cc4cc5c(Cl)cccc5[nH]4)c(=O)n3C)n2C)cc1. The second kappa shape index (κ2) is 9.62. The van der Waals surface area contributed by atoms with Gasteiger partial charge in [-0.05, 0) is 42.8 Å². The lowest BCUT2D eigenvalue weighted by Gasteiger charge is -2.08. The number of imidazole rings is 1. The zero-order chi connectivity index (χ0) is 26.3. The molecule has 3 heterocycles. The highest BCUT2D eigenvalue weighted by atomic mass is 35.5. The summed E-state index contributed by atoms with van der Waals surface area (Å²) in [4.78, 5) is 46.0. The Balaban J connectivity index is 1.47. The van der Waals surface area contributed by atoms with Crippen LogP contribution >= 0.6 is 11.6 Å². The van der Waals surface area contributed by atoms with Crippen molar-refractivity contribution >= 4 is 51.3 Å². The summed E-state index contributed by atoms with van der Waals surface area (Å²) in [7, 11) is 3.30. The van der Waals surface area contributed by atoms with E-state index in [0.29, 0.717) is 29.0 Å². The highest BCUT2D eigenvalue weighted by molar-refractivity contribution is 6.35. The van der Waals surface area contributed by atoms with Crippen molar-refractivity contribution in [3.63, 3.8) is 0 Å². The Morgan fingerprint density at radius 3 is 2.57 bits per heavy atom. The predicted octanol–water partition coefficient (Wildman–Crippen LogP) is 3.47. The number of nitrogens with zero attached hydrogens (tertiary/aromatic N) is 4. The summed E-state index contributed by atoms with van der Waals surface area (Å²) in [5, 5.41) is 4.60. The number of carbonyl (C=O) groups excluding carboxylic acids is 1. The van der Waals surface area contributed by atoms with Crippen molar-refractivity contribution in [1.82, 2.24) is 23.7 Å². The third kappa shape index (κ3) is 4.51. The van der Waals surface area contributed by atoms with Gasteiger partial charge in [0.15, 0.2) is 11.2 Å². The quantitative estimate of drug-likeness (QED) is 0.317. The van der Waals surface area contributed by atoms with Gasteiger partial charge in [-0.1, -0.05) is 29.8 Å². The van der Waals surface area contributed by atoms with Gasteiger partial charge < -0.3 is 19.6 Å². The lowest BCUT2D eigenvalue weighted by Crippen LogP contribution is -2.39. The van der Waals surface area contributed by atoms with Crippen LogP contribution in [0.2, 0.25) is 5.02 Å². The number of nitrogens with one attached hydrogen (secondary N) is 2. The molecule has 0 atom stereocenters. The predicted molar refractivity (Wildman–Crippen MR) is 143 cm³/mol. The lowest BCUT2D eigenvalue weighted by atomic mass is 10.1. The molecule has 0 bridgehead atoms. The standard InChI is InChI=1S/C26H25ClN6O4/c1-4-37-21(34)12-15-8-10-16(11-9-15)29-25-30-23-22(31(25)2)24(35)33(26(36)32(23)3)14-17-13-18-19(27)6-5-7-20(18)28-17/h5-11,13,28H,4,12,14H2,1-3H3,(H,29,30). The number of hydrogen-bond acceptors (Lipinski definition) is 6. The average Bonchev–Trinajstić information content (AvgIpc) is 3.43. The van der Waals surface area contributed by atoms with Crippen molar-refractivity contribution in [3.8, 4) is 0 Å². The molecule has 0 radical (unpaired) electrons. The van der Waals surface area contributed by atoms with E-state index in [2.05, 4.69) is 15.3 Å². The van der Waals surface area contributed by atoms with Crippen molar-refractivity contribution < 1.29 is 9.53 Å². The van der Waals surface area contributed by atoms with E-state index < -0.39 is 11.2 Å². The first-order valence-electron chi connectivity index (χ1n) is 11.7.